The Morgan fingerprint density at radius 1 is 1.07 bits per heavy atom. The van der Waals surface area contributed by atoms with Gasteiger partial charge in [-0.15, -0.1) is 22.7 Å². The maximum Gasteiger partial charge on any atom is 0.283 e. The largest absolute Gasteiger partial charge is 0.331 e. The number of hydrogen-bond donors (Lipinski definition) is 1. The van der Waals surface area contributed by atoms with Crippen molar-refractivity contribution in [3.8, 4) is 0 Å². The Bertz CT molecular complexity index is 1150. The summed E-state index contributed by atoms with van der Waals surface area (Å²) in [7, 11) is 0. The van der Waals surface area contributed by atoms with Gasteiger partial charge in [0.05, 0.1) is 27.3 Å². The smallest absolute Gasteiger partial charge is 0.283 e. The van der Waals surface area contributed by atoms with E-state index in [0.717, 1.165) is 20.8 Å². The lowest BCUT2D eigenvalue weighted by atomic mass is 10.2. The average Bonchev–Trinajstić information content (AvgIpc) is 3.44. The highest BCUT2D eigenvalue weighted by atomic mass is 32.1. The number of aromatic nitrogens is 2. The van der Waals surface area contributed by atoms with E-state index >= 15 is 0 Å². The van der Waals surface area contributed by atoms with Gasteiger partial charge in [-0.05, 0) is 23.6 Å². The number of amides is 2. The van der Waals surface area contributed by atoms with Crippen LogP contribution in [-0.2, 0) is 13.0 Å². The number of nitrogens with one attached hydrogen (secondary N) is 1. The van der Waals surface area contributed by atoms with Crippen LogP contribution in [-0.4, -0.2) is 33.2 Å². The van der Waals surface area contributed by atoms with Gasteiger partial charge in [0.25, 0.3) is 11.8 Å². The van der Waals surface area contributed by atoms with Crippen molar-refractivity contribution in [3.05, 3.63) is 62.2 Å². The Morgan fingerprint density at radius 3 is 2.79 bits per heavy atom. The predicted molar refractivity (Wildman–Crippen MR) is 112 cm³/mol. The van der Waals surface area contributed by atoms with Crippen LogP contribution in [0.2, 0.25) is 0 Å². The van der Waals surface area contributed by atoms with Gasteiger partial charge < -0.3 is 4.90 Å². The number of anilines is 1. The summed E-state index contributed by atoms with van der Waals surface area (Å²) in [4.78, 5) is 37.6. The molecule has 4 heterocycles. The third-order valence-electron chi connectivity index (χ3n) is 4.46. The first-order chi connectivity index (χ1) is 13.7. The summed E-state index contributed by atoms with van der Waals surface area (Å²) in [6.07, 6.45) is 0.678. The SMILES string of the molecule is O=C(Nc1nc2c(s1)CN(C(=O)c1nc3ccccc3s1)CC2)c1cccs1. The molecular weight excluding hydrogens is 412 g/mol. The first kappa shape index (κ1) is 17.5. The molecule has 0 saturated heterocycles. The number of fused-ring (bicyclic) bond motifs is 2. The molecule has 3 aromatic heterocycles. The van der Waals surface area contributed by atoms with Gasteiger partial charge in [0, 0.05) is 17.8 Å². The van der Waals surface area contributed by atoms with Gasteiger partial charge in [-0.1, -0.05) is 29.5 Å². The Labute approximate surface area is 172 Å². The molecule has 0 atom stereocenters. The highest BCUT2D eigenvalue weighted by Crippen LogP contribution is 2.30. The number of rotatable bonds is 3. The van der Waals surface area contributed by atoms with Crippen molar-refractivity contribution in [2.75, 3.05) is 11.9 Å². The Balaban J connectivity index is 1.33. The molecule has 1 N–H and O–H groups in total. The number of carbonyl (C=O) groups is 2. The van der Waals surface area contributed by atoms with Crippen LogP contribution < -0.4 is 5.32 Å². The summed E-state index contributed by atoms with van der Waals surface area (Å²) in [6.45, 7) is 1.10. The lowest BCUT2D eigenvalue weighted by molar-refractivity contribution is 0.0736. The molecule has 0 fully saturated rings. The molecule has 0 spiro atoms. The monoisotopic (exact) mass is 426 g/mol. The number of benzene rings is 1. The molecule has 140 valence electrons. The van der Waals surface area contributed by atoms with Gasteiger partial charge in [0.1, 0.15) is 0 Å². The van der Waals surface area contributed by atoms with Gasteiger partial charge >= 0.3 is 0 Å². The zero-order valence-corrected chi connectivity index (χ0v) is 17.0. The molecule has 6 nitrogen and oxygen atoms in total. The van der Waals surface area contributed by atoms with E-state index in [1.54, 1.807) is 6.07 Å². The number of thiophene rings is 1. The first-order valence-electron chi connectivity index (χ1n) is 8.65. The summed E-state index contributed by atoms with van der Waals surface area (Å²) in [6, 6.07) is 11.4. The zero-order valence-electron chi connectivity index (χ0n) is 14.5. The predicted octanol–water partition coefficient (Wildman–Crippen LogP) is 4.27. The van der Waals surface area contributed by atoms with Crippen molar-refractivity contribution < 1.29 is 9.59 Å². The standard InChI is InChI=1S/C19H14N4O2S3/c24-16(14-6-3-9-26-14)22-19-21-12-7-8-23(10-15(12)28-19)18(25)17-20-11-4-1-2-5-13(11)27-17/h1-6,9H,7-8,10H2,(H,21,22,24). The Kier molecular flexibility index (Phi) is 4.42. The summed E-state index contributed by atoms with van der Waals surface area (Å²) < 4.78 is 1.01. The second-order valence-electron chi connectivity index (χ2n) is 6.28. The van der Waals surface area contributed by atoms with Crippen molar-refractivity contribution in [2.45, 2.75) is 13.0 Å². The fourth-order valence-corrected chi connectivity index (χ4v) is 5.66. The highest BCUT2D eigenvalue weighted by Gasteiger charge is 2.27. The van der Waals surface area contributed by atoms with E-state index in [1.165, 1.54) is 34.0 Å². The average molecular weight is 427 g/mol. The van der Waals surface area contributed by atoms with Gasteiger partial charge in [0.15, 0.2) is 10.1 Å². The van der Waals surface area contributed by atoms with Gasteiger partial charge in [-0.3, -0.25) is 14.9 Å². The van der Waals surface area contributed by atoms with E-state index in [4.69, 9.17) is 0 Å². The van der Waals surface area contributed by atoms with Crippen LogP contribution >= 0.6 is 34.0 Å². The summed E-state index contributed by atoms with van der Waals surface area (Å²) in [5.74, 6) is -0.201. The quantitative estimate of drug-likeness (QED) is 0.531. The van der Waals surface area contributed by atoms with Crippen LogP contribution in [0, 0.1) is 0 Å². The minimum Gasteiger partial charge on any atom is -0.331 e. The molecule has 1 aliphatic rings. The van der Waals surface area contributed by atoms with Crippen LogP contribution in [0.25, 0.3) is 10.2 Å². The summed E-state index contributed by atoms with van der Waals surface area (Å²) >= 11 is 4.25. The minimum absolute atomic E-state index is 0.0515. The molecule has 1 aliphatic heterocycles. The van der Waals surface area contributed by atoms with Crippen molar-refractivity contribution in [1.82, 2.24) is 14.9 Å². The molecule has 1 aromatic carbocycles. The van der Waals surface area contributed by atoms with Gasteiger partial charge in [0.2, 0.25) is 0 Å². The fourth-order valence-electron chi connectivity index (χ4n) is 3.09. The number of thiazole rings is 2. The van der Waals surface area contributed by atoms with Crippen molar-refractivity contribution >= 4 is 61.2 Å². The van der Waals surface area contributed by atoms with Gasteiger partial charge in [-0.2, -0.15) is 0 Å². The van der Waals surface area contributed by atoms with Crippen molar-refractivity contribution in [3.63, 3.8) is 0 Å². The number of para-hydroxylation sites is 1. The van der Waals surface area contributed by atoms with Crippen LogP contribution in [0.15, 0.2) is 41.8 Å². The Morgan fingerprint density at radius 2 is 1.96 bits per heavy atom. The molecule has 0 saturated carbocycles. The maximum absolute atomic E-state index is 12.9. The third kappa shape index (κ3) is 3.21. The minimum atomic E-state index is -0.150. The normalized spacial score (nSPS) is 13.5. The molecule has 9 heteroatoms. The molecule has 5 rings (SSSR count). The zero-order chi connectivity index (χ0) is 19.1. The van der Waals surface area contributed by atoms with Crippen LogP contribution in [0.5, 0.6) is 0 Å². The first-order valence-corrected chi connectivity index (χ1v) is 11.2. The fraction of sp³-hybridized carbons (Fsp3) is 0.158. The van der Waals surface area contributed by atoms with Crippen molar-refractivity contribution in [2.24, 2.45) is 0 Å². The molecule has 28 heavy (non-hydrogen) atoms. The maximum atomic E-state index is 12.9. The lowest BCUT2D eigenvalue weighted by Crippen LogP contribution is -2.35. The summed E-state index contributed by atoms with van der Waals surface area (Å²) in [5.41, 5.74) is 1.81. The van der Waals surface area contributed by atoms with E-state index in [9.17, 15) is 9.59 Å². The number of hydrogen-bond acceptors (Lipinski definition) is 7. The van der Waals surface area contributed by atoms with E-state index < -0.39 is 0 Å². The molecule has 0 unspecified atom stereocenters. The highest BCUT2D eigenvalue weighted by molar-refractivity contribution is 7.20. The molecule has 2 amide bonds. The van der Waals surface area contributed by atoms with Crippen molar-refractivity contribution in [1.29, 1.82) is 0 Å². The number of carbonyl (C=O) groups excluding carboxylic acids is 2. The van der Waals surface area contributed by atoms with Crippen LogP contribution in [0.3, 0.4) is 0 Å². The number of nitrogens with zero attached hydrogens (tertiary/aromatic N) is 3. The Hall–Kier alpha value is -2.62. The van der Waals surface area contributed by atoms with Crippen LogP contribution in [0.4, 0.5) is 5.13 Å². The van der Waals surface area contributed by atoms with Gasteiger partial charge in [-0.25, -0.2) is 9.97 Å². The molecule has 0 bridgehead atoms. The molecule has 0 radical (unpaired) electrons. The second-order valence-corrected chi connectivity index (χ2v) is 9.35. The molecule has 4 aromatic rings. The third-order valence-corrected chi connectivity index (χ3v) is 7.35. The van der Waals surface area contributed by atoms with E-state index in [2.05, 4.69) is 15.3 Å². The molecule has 0 aliphatic carbocycles. The van der Waals surface area contributed by atoms with Crippen LogP contribution in [0.1, 0.15) is 30.0 Å². The van der Waals surface area contributed by atoms with E-state index in [1.807, 2.05) is 40.6 Å². The molecular formula is C19H14N4O2S3. The lowest BCUT2D eigenvalue weighted by Gasteiger charge is -2.25. The van der Waals surface area contributed by atoms with E-state index in [0.29, 0.717) is 34.5 Å². The van der Waals surface area contributed by atoms with E-state index in [-0.39, 0.29) is 11.8 Å². The topological polar surface area (TPSA) is 75.2 Å². The second kappa shape index (κ2) is 7.08. The summed E-state index contributed by atoms with van der Waals surface area (Å²) in [5, 5.41) is 5.82.